The zero-order valence-electron chi connectivity index (χ0n) is 30.4. The molecule has 1 aromatic carbocycles. The van der Waals surface area contributed by atoms with Gasteiger partial charge in [-0.05, 0) is 75.8 Å². The molecule has 14 N–H and O–H groups in total. The van der Waals surface area contributed by atoms with E-state index in [2.05, 4.69) is 44.5 Å². The normalized spacial score (nSPS) is 15.5. The zero-order valence-corrected chi connectivity index (χ0v) is 32.2. The number of aromatic hydroxyl groups is 1. The van der Waals surface area contributed by atoms with Gasteiger partial charge in [0.25, 0.3) is 0 Å². The summed E-state index contributed by atoms with van der Waals surface area (Å²) in [5, 5.41) is 53.8. The van der Waals surface area contributed by atoms with Crippen molar-refractivity contribution in [2.24, 2.45) is 11.5 Å². The van der Waals surface area contributed by atoms with Crippen molar-refractivity contribution in [3.05, 3.63) is 29.8 Å². The highest BCUT2D eigenvalue weighted by molar-refractivity contribution is 7.98. The van der Waals surface area contributed by atoms with Crippen LogP contribution in [-0.4, -0.2) is 141 Å². The van der Waals surface area contributed by atoms with E-state index in [1.54, 1.807) is 6.26 Å². The number of phenolic OH excluding ortho intramolecular Hbond substituents is 1. The Kier molecular flexibility index (Phi) is 22.2. The van der Waals surface area contributed by atoms with Gasteiger partial charge in [-0.15, -0.1) is 0 Å². The Labute approximate surface area is 323 Å². The third-order valence-corrected chi connectivity index (χ3v) is 9.02. The molecule has 0 radical (unpaired) electrons. The van der Waals surface area contributed by atoms with E-state index >= 15 is 0 Å². The predicted octanol–water partition coefficient (Wildman–Crippen LogP) is -3.54. The second kappa shape index (κ2) is 25.0. The number of carboxylic acids is 1. The summed E-state index contributed by atoms with van der Waals surface area (Å²) in [5.74, 6) is -6.21. The van der Waals surface area contributed by atoms with E-state index < -0.39 is 96.4 Å². The molecule has 304 valence electrons. The van der Waals surface area contributed by atoms with Crippen LogP contribution in [0, 0.1) is 0 Å². The number of aliphatic carboxylic acids is 1. The number of nitrogens with two attached hydrogens (primary N) is 2. The van der Waals surface area contributed by atoms with Crippen molar-refractivity contribution in [1.29, 1.82) is 0 Å². The number of benzene rings is 1. The van der Waals surface area contributed by atoms with Crippen LogP contribution in [0.3, 0.4) is 0 Å². The first-order chi connectivity index (χ1) is 25.5. The maximum absolute atomic E-state index is 13.7. The summed E-state index contributed by atoms with van der Waals surface area (Å²) < 4.78 is 0. The Morgan fingerprint density at radius 2 is 1.31 bits per heavy atom. The molecule has 0 aliphatic carbocycles. The van der Waals surface area contributed by atoms with E-state index in [1.807, 2.05) is 0 Å². The van der Waals surface area contributed by atoms with Gasteiger partial charge in [0.05, 0.1) is 18.8 Å². The number of aliphatic hydroxyl groups is 2. The van der Waals surface area contributed by atoms with Crippen molar-refractivity contribution >= 4 is 65.8 Å². The Balaban J connectivity index is 3.22. The SMILES string of the molecule is CSCC[C@H](NC(=O)[C@H](Cc1ccc(O)cc1)NC(=O)[C@H](CCCCN)NC(=O)[C@@H](NC(=O)[C@H](C)NC(=O)[C@H](CO)NC(=O)[C@@H](N)CS)[C@@H](C)O)C(=O)O. The lowest BCUT2D eigenvalue weighted by Gasteiger charge is -2.28. The van der Waals surface area contributed by atoms with Crippen LogP contribution in [0.1, 0.15) is 45.1 Å². The molecule has 0 fully saturated rings. The van der Waals surface area contributed by atoms with Crippen molar-refractivity contribution in [2.75, 3.05) is 30.9 Å². The standard InChI is InChI=1S/C33H54N8O11S2/c1-17(36-31(49)25(15-42)40-28(46)21(35)16-53)27(45)41-26(18(2)43)32(50)37-22(6-4-5-12-34)29(47)39-24(14-19-7-9-20(44)10-8-19)30(48)38-23(33(51)52)11-13-54-3/h7-10,17-18,21-26,42-44,53H,4-6,11-16,34-35H2,1-3H3,(H,36,49)(H,37,50)(H,38,48)(H,39,47)(H,40,46)(H,41,45)(H,51,52)/t17-,18+,21-,22-,23-,24-,25-,26-/m0/s1. The smallest absolute Gasteiger partial charge is 0.326 e. The molecule has 1 aromatic rings. The van der Waals surface area contributed by atoms with Gasteiger partial charge in [-0.25, -0.2) is 4.79 Å². The molecular weight excluding hydrogens is 749 g/mol. The van der Waals surface area contributed by atoms with Crippen molar-refractivity contribution in [2.45, 2.75) is 94.3 Å². The van der Waals surface area contributed by atoms with E-state index in [4.69, 9.17) is 11.5 Å². The Bertz CT molecular complexity index is 1410. The minimum atomic E-state index is -1.65. The fourth-order valence-electron chi connectivity index (χ4n) is 4.76. The molecule has 21 heteroatoms. The second-order valence-electron chi connectivity index (χ2n) is 12.4. The van der Waals surface area contributed by atoms with Gasteiger partial charge in [-0.1, -0.05) is 12.1 Å². The molecule has 8 atom stereocenters. The minimum absolute atomic E-state index is 0.0197. The number of carbonyl (C=O) groups is 7. The number of amides is 6. The van der Waals surface area contributed by atoms with Gasteiger partial charge in [-0.2, -0.15) is 24.4 Å². The summed E-state index contributed by atoms with van der Waals surface area (Å²) in [5.41, 5.74) is 11.7. The quantitative estimate of drug-likeness (QED) is 0.0337. The van der Waals surface area contributed by atoms with Gasteiger partial charge in [-0.3, -0.25) is 28.8 Å². The van der Waals surface area contributed by atoms with Gasteiger partial charge < -0.3 is 63.8 Å². The predicted molar refractivity (Wildman–Crippen MR) is 203 cm³/mol. The monoisotopic (exact) mass is 802 g/mol. The first kappa shape index (κ1) is 47.9. The number of unbranched alkanes of at least 4 members (excludes halogenated alkanes) is 1. The molecule has 0 aliphatic heterocycles. The molecule has 0 unspecified atom stereocenters. The average molecular weight is 803 g/mol. The maximum Gasteiger partial charge on any atom is 0.326 e. The van der Waals surface area contributed by atoms with Crippen LogP contribution in [0.5, 0.6) is 5.75 Å². The first-order valence-corrected chi connectivity index (χ1v) is 19.2. The maximum atomic E-state index is 13.7. The van der Waals surface area contributed by atoms with Crippen molar-refractivity contribution in [1.82, 2.24) is 31.9 Å². The van der Waals surface area contributed by atoms with Crippen LogP contribution in [-0.2, 0) is 40.0 Å². The van der Waals surface area contributed by atoms with Crippen molar-refractivity contribution < 1.29 is 54.0 Å². The number of thiol groups is 1. The van der Waals surface area contributed by atoms with Gasteiger partial charge in [0.2, 0.25) is 35.4 Å². The van der Waals surface area contributed by atoms with Crippen molar-refractivity contribution in [3.63, 3.8) is 0 Å². The van der Waals surface area contributed by atoms with E-state index in [0.29, 0.717) is 24.2 Å². The largest absolute Gasteiger partial charge is 0.508 e. The molecule has 1 rings (SSSR count). The summed E-state index contributed by atoms with van der Waals surface area (Å²) in [6.07, 6.45) is 1.07. The van der Waals surface area contributed by atoms with Gasteiger partial charge in [0, 0.05) is 12.2 Å². The van der Waals surface area contributed by atoms with Gasteiger partial charge in [0.15, 0.2) is 0 Å². The first-order valence-electron chi connectivity index (χ1n) is 17.2. The molecule has 0 aliphatic rings. The molecule has 0 saturated carbocycles. The van der Waals surface area contributed by atoms with Crippen LogP contribution in [0.4, 0.5) is 0 Å². The number of thioether (sulfide) groups is 1. The highest BCUT2D eigenvalue weighted by atomic mass is 32.2. The molecule has 0 saturated heterocycles. The number of hydrogen-bond donors (Lipinski definition) is 13. The van der Waals surface area contributed by atoms with E-state index in [-0.39, 0.29) is 37.3 Å². The molecule has 0 heterocycles. The molecule has 0 spiro atoms. The number of phenols is 1. The number of carboxylic acid groups (broad SMARTS) is 1. The highest BCUT2D eigenvalue weighted by Crippen LogP contribution is 2.13. The van der Waals surface area contributed by atoms with Crippen LogP contribution in [0.25, 0.3) is 0 Å². The summed E-state index contributed by atoms with van der Waals surface area (Å²) in [4.78, 5) is 90.3. The lowest BCUT2D eigenvalue weighted by atomic mass is 10.0. The summed E-state index contributed by atoms with van der Waals surface area (Å²) in [6.45, 7) is 1.89. The minimum Gasteiger partial charge on any atom is -0.508 e. The summed E-state index contributed by atoms with van der Waals surface area (Å²) >= 11 is 5.29. The zero-order chi connectivity index (χ0) is 41.0. The van der Waals surface area contributed by atoms with E-state index in [9.17, 15) is 54.0 Å². The van der Waals surface area contributed by atoms with Crippen LogP contribution in [0.15, 0.2) is 24.3 Å². The van der Waals surface area contributed by atoms with E-state index in [1.165, 1.54) is 49.9 Å². The Hall–Kier alpha value is -4.15. The lowest BCUT2D eigenvalue weighted by Crippen LogP contribution is -2.61. The van der Waals surface area contributed by atoms with Crippen LogP contribution in [0.2, 0.25) is 0 Å². The van der Waals surface area contributed by atoms with E-state index in [0.717, 1.165) is 0 Å². The number of hydrogen-bond acceptors (Lipinski definition) is 14. The number of carbonyl (C=O) groups excluding carboxylic acids is 6. The molecule has 0 bridgehead atoms. The highest BCUT2D eigenvalue weighted by Gasteiger charge is 2.34. The second-order valence-corrected chi connectivity index (χ2v) is 13.8. The van der Waals surface area contributed by atoms with Crippen LogP contribution >= 0.6 is 24.4 Å². The average Bonchev–Trinajstić information content (AvgIpc) is 3.13. The molecule has 19 nitrogen and oxygen atoms in total. The van der Waals surface area contributed by atoms with Gasteiger partial charge >= 0.3 is 5.97 Å². The topological polar surface area (TPSA) is 325 Å². The Morgan fingerprint density at radius 1 is 0.759 bits per heavy atom. The lowest BCUT2D eigenvalue weighted by molar-refractivity contribution is -0.142. The molecular formula is C33H54N8O11S2. The van der Waals surface area contributed by atoms with Crippen LogP contribution < -0.4 is 43.4 Å². The fourth-order valence-corrected chi connectivity index (χ4v) is 5.39. The fraction of sp³-hybridized carbons (Fsp3) is 0.606. The number of aliphatic hydroxyl groups excluding tert-OH is 2. The van der Waals surface area contributed by atoms with Gasteiger partial charge in [0.1, 0.15) is 42.0 Å². The summed E-state index contributed by atoms with van der Waals surface area (Å²) in [7, 11) is 0. The molecule has 54 heavy (non-hydrogen) atoms. The molecule has 0 aromatic heterocycles. The number of nitrogens with one attached hydrogen (secondary N) is 6. The third-order valence-electron chi connectivity index (χ3n) is 7.98. The third kappa shape index (κ3) is 16.9. The Morgan fingerprint density at radius 3 is 1.85 bits per heavy atom. The molecule has 6 amide bonds. The number of rotatable bonds is 25. The summed E-state index contributed by atoms with van der Waals surface area (Å²) in [6, 6.07) is -3.64. The van der Waals surface area contributed by atoms with Crippen molar-refractivity contribution in [3.8, 4) is 5.75 Å².